The highest BCUT2D eigenvalue weighted by Crippen LogP contribution is 2.18. The van der Waals surface area contributed by atoms with E-state index in [2.05, 4.69) is 41.1 Å². The summed E-state index contributed by atoms with van der Waals surface area (Å²) in [6, 6.07) is 8.12. The topological polar surface area (TPSA) is 35.6 Å². The van der Waals surface area contributed by atoms with Crippen molar-refractivity contribution in [1.29, 1.82) is 0 Å². The predicted octanol–water partition coefficient (Wildman–Crippen LogP) is 2.96. The first-order chi connectivity index (χ1) is 10.2. The minimum absolute atomic E-state index is 0.109. The number of amides is 1. The minimum Gasteiger partial charge on any atom is -0.372 e. The van der Waals surface area contributed by atoms with Gasteiger partial charge < -0.3 is 15.1 Å². The molecule has 0 spiro atoms. The molecule has 0 saturated carbocycles. The number of hydrogen-bond acceptors (Lipinski definition) is 3. The summed E-state index contributed by atoms with van der Waals surface area (Å²) in [7, 11) is 0. The first-order valence-corrected chi connectivity index (χ1v) is 8.10. The number of benzene rings is 1. The van der Waals surface area contributed by atoms with Gasteiger partial charge in [0.1, 0.15) is 0 Å². The number of carbonyl (C=O) groups excluding carboxylic acids is 1. The van der Waals surface area contributed by atoms with Crippen molar-refractivity contribution in [2.24, 2.45) is 0 Å². The van der Waals surface area contributed by atoms with Gasteiger partial charge in [-0.15, -0.1) is 0 Å². The van der Waals surface area contributed by atoms with Gasteiger partial charge in [-0.3, -0.25) is 4.79 Å². The van der Waals surface area contributed by atoms with Gasteiger partial charge in [0.05, 0.1) is 0 Å². The van der Waals surface area contributed by atoms with E-state index in [0.717, 1.165) is 38.4 Å². The van der Waals surface area contributed by atoms with Crippen LogP contribution in [0.4, 0.5) is 11.4 Å². The summed E-state index contributed by atoms with van der Waals surface area (Å²) < 4.78 is 0. The molecule has 0 aliphatic carbocycles. The van der Waals surface area contributed by atoms with Crippen LogP contribution in [0, 0.1) is 0 Å². The molecule has 4 heteroatoms. The van der Waals surface area contributed by atoms with Crippen molar-refractivity contribution in [3.63, 3.8) is 0 Å². The Balaban J connectivity index is 1.80. The molecule has 1 aliphatic rings. The summed E-state index contributed by atoms with van der Waals surface area (Å²) in [6.45, 7) is 9.46. The van der Waals surface area contributed by atoms with Crippen molar-refractivity contribution in [2.45, 2.75) is 33.1 Å². The number of likely N-dealkylation sites (tertiary alicyclic amines) is 1. The SMILES string of the molecule is CCN(CC)c1ccc(NC(=O)CCN2CCCC2)cc1. The Morgan fingerprint density at radius 2 is 1.76 bits per heavy atom. The van der Waals surface area contributed by atoms with Crippen LogP contribution in [0.2, 0.25) is 0 Å². The average molecular weight is 289 g/mol. The third kappa shape index (κ3) is 4.74. The van der Waals surface area contributed by atoms with E-state index in [-0.39, 0.29) is 5.91 Å². The number of carbonyl (C=O) groups is 1. The van der Waals surface area contributed by atoms with Gasteiger partial charge in [-0.1, -0.05) is 0 Å². The third-order valence-corrected chi connectivity index (χ3v) is 4.13. The summed E-state index contributed by atoms with van der Waals surface area (Å²) >= 11 is 0. The molecule has 0 atom stereocenters. The molecule has 1 aliphatic heterocycles. The highest BCUT2D eigenvalue weighted by atomic mass is 16.1. The van der Waals surface area contributed by atoms with Gasteiger partial charge in [0.15, 0.2) is 0 Å². The summed E-state index contributed by atoms with van der Waals surface area (Å²) in [5.41, 5.74) is 2.09. The van der Waals surface area contributed by atoms with Crippen molar-refractivity contribution in [3.05, 3.63) is 24.3 Å². The van der Waals surface area contributed by atoms with Crippen LogP contribution >= 0.6 is 0 Å². The molecule has 116 valence electrons. The molecule has 0 aromatic heterocycles. The standard InChI is InChI=1S/C17H27N3O/c1-3-20(4-2)16-9-7-15(8-10-16)18-17(21)11-14-19-12-5-6-13-19/h7-10H,3-6,11-14H2,1-2H3,(H,18,21). The van der Waals surface area contributed by atoms with Crippen molar-refractivity contribution < 1.29 is 4.79 Å². The van der Waals surface area contributed by atoms with E-state index in [0.29, 0.717) is 6.42 Å². The molecule has 21 heavy (non-hydrogen) atoms. The van der Waals surface area contributed by atoms with Crippen molar-refractivity contribution in [2.75, 3.05) is 42.9 Å². The fraction of sp³-hybridized carbons (Fsp3) is 0.588. The van der Waals surface area contributed by atoms with Crippen molar-refractivity contribution >= 4 is 17.3 Å². The van der Waals surface area contributed by atoms with E-state index in [1.165, 1.54) is 18.5 Å². The molecule has 2 rings (SSSR count). The second-order valence-corrected chi connectivity index (χ2v) is 5.57. The Morgan fingerprint density at radius 3 is 2.33 bits per heavy atom. The molecular formula is C17H27N3O. The van der Waals surface area contributed by atoms with Gasteiger partial charge in [-0.25, -0.2) is 0 Å². The van der Waals surface area contributed by atoms with Crippen LogP contribution in [-0.2, 0) is 4.79 Å². The van der Waals surface area contributed by atoms with E-state index >= 15 is 0 Å². The number of nitrogens with one attached hydrogen (secondary N) is 1. The molecule has 1 saturated heterocycles. The fourth-order valence-corrected chi connectivity index (χ4v) is 2.83. The zero-order valence-electron chi connectivity index (χ0n) is 13.3. The van der Waals surface area contributed by atoms with E-state index in [4.69, 9.17) is 0 Å². The quantitative estimate of drug-likeness (QED) is 0.838. The molecule has 4 nitrogen and oxygen atoms in total. The first kappa shape index (κ1) is 15.8. The van der Waals surface area contributed by atoms with E-state index in [1.807, 2.05) is 12.1 Å². The molecule has 1 aromatic carbocycles. The zero-order chi connectivity index (χ0) is 15.1. The normalized spacial score (nSPS) is 15.1. The average Bonchev–Trinajstić information content (AvgIpc) is 3.01. The molecular weight excluding hydrogens is 262 g/mol. The van der Waals surface area contributed by atoms with Gasteiger partial charge in [0, 0.05) is 37.4 Å². The van der Waals surface area contributed by atoms with Gasteiger partial charge >= 0.3 is 0 Å². The fourth-order valence-electron chi connectivity index (χ4n) is 2.83. The van der Waals surface area contributed by atoms with Crippen LogP contribution < -0.4 is 10.2 Å². The summed E-state index contributed by atoms with van der Waals surface area (Å²) in [4.78, 5) is 16.6. The van der Waals surface area contributed by atoms with Gasteiger partial charge in [-0.05, 0) is 64.0 Å². The molecule has 0 radical (unpaired) electrons. The van der Waals surface area contributed by atoms with Crippen molar-refractivity contribution in [1.82, 2.24) is 4.90 Å². The smallest absolute Gasteiger partial charge is 0.225 e. The van der Waals surface area contributed by atoms with E-state index in [9.17, 15) is 4.79 Å². The lowest BCUT2D eigenvalue weighted by Gasteiger charge is -2.21. The molecule has 1 aromatic rings. The van der Waals surface area contributed by atoms with Gasteiger partial charge in [-0.2, -0.15) is 0 Å². The summed E-state index contributed by atoms with van der Waals surface area (Å²) in [5, 5.41) is 2.98. The van der Waals surface area contributed by atoms with Crippen LogP contribution in [0.15, 0.2) is 24.3 Å². The van der Waals surface area contributed by atoms with Gasteiger partial charge in [0.25, 0.3) is 0 Å². The lowest BCUT2D eigenvalue weighted by Crippen LogP contribution is -2.25. The first-order valence-electron chi connectivity index (χ1n) is 8.10. The summed E-state index contributed by atoms with van der Waals surface area (Å²) in [6.07, 6.45) is 3.13. The number of hydrogen-bond donors (Lipinski definition) is 1. The molecule has 1 fully saturated rings. The Labute approximate surface area is 128 Å². The lowest BCUT2D eigenvalue weighted by molar-refractivity contribution is -0.116. The summed E-state index contributed by atoms with van der Waals surface area (Å²) in [5.74, 6) is 0.109. The molecule has 1 N–H and O–H groups in total. The number of anilines is 2. The van der Waals surface area contributed by atoms with E-state index < -0.39 is 0 Å². The van der Waals surface area contributed by atoms with Crippen LogP contribution in [-0.4, -0.2) is 43.5 Å². The molecule has 1 amide bonds. The van der Waals surface area contributed by atoms with Crippen LogP contribution in [0.5, 0.6) is 0 Å². The zero-order valence-corrected chi connectivity index (χ0v) is 13.3. The van der Waals surface area contributed by atoms with Crippen molar-refractivity contribution in [3.8, 4) is 0 Å². The highest BCUT2D eigenvalue weighted by molar-refractivity contribution is 5.91. The van der Waals surface area contributed by atoms with Crippen LogP contribution in [0.1, 0.15) is 33.1 Å². The molecule has 0 unspecified atom stereocenters. The molecule has 1 heterocycles. The number of rotatable bonds is 7. The van der Waals surface area contributed by atoms with Crippen LogP contribution in [0.25, 0.3) is 0 Å². The predicted molar refractivity (Wildman–Crippen MR) is 88.9 cm³/mol. The maximum atomic E-state index is 12.0. The van der Waals surface area contributed by atoms with E-state index in [1.54, 1.807) is 0 Å². The Morgan fingerprint density at radius 1 is 1.14 bits per heavy atom. The largest absolute Gasteiger partial charge is 0.372 e. The monoisotopic (exact) mass is 289 g/mol. The molecule has 0 bridgehead atoms. The number of nitrogens with zero attached hydrogens (tertiary/aromatic N) is 2. The maximum Gasteiger partial charge on any atom is 0.225 e. The Kier molecular flexibility index (Phi) is 6.05. The third-order valence-electron chi connectivity index (χ3n) is 4.13. The van der Waals surface area contributed by atoms with Crippen LogP contribution in [0.3, 0.4) is 0 Å². The second kappa shape index (κ2) is 8.03. The highest BCUT2D eigenvalue weighted by Gasteiger charge is 2.12. The minimum atomic E-state index is 0.109. The second-order valence-electron chi connectivity index (χ2n) is 5.57. The lowest BCUT2D eigenvalue weighted by atomic mass is 10.2. The Bertz CT molecular complexity index is 434. The van der Waals surface area contributed by atoms with Gasteiger partial charge in [0.2, 0.25) is 5.91 Å². The maximum absolute atomic E-state index is 12.0. The Hall–Kier alpha value is -1.55.